The molecule has 0 saturated heterocycles. The second-order valence-corrected chi connectivity index (χ2v) is 7.77. The Morgan fingerprint density at radius 2 is 1.77 bits per heavy atom. The highest BCUT2D eigenvalue weighted by atomic mass is 16.1. The first-order valence-electron chi connectivity index (χ1n) is 10.0. The summed E-state index contributed by atoms with van der Waals surface area (Å²) in [5.41, 5.74) is 5.45. The molecule has 6 nitrogen and oxygen atoms in total. The molecule has 148 valence electrons. The van der Waals surface area contributed by atoms with Gasteiger partial charge in [-0.05, 0) is 43.4 Å². The van der Waals surface area contributed by atoms with Gasteiger partial charge < -0.3 is 0 Å². The van der Waals surface area contributed by atoms with Crippen molar-refractivity contribution in [3.63, 3.8) is 0 Å². The van der Waals surface area contributed by atoms with Crippen LogP contribution in [0, 0.1) is 13.8 Å². The summed E-state index contributed by atoms with van der Waals surface area (Å²) >= 11 is 0. The summed E-state index contributed by atoms with van der Waals surface area (Å²) < 4.78 is 0. The number of hydrogen-bond acceptors (Lipinski definition) is 6. The zero-order chi connectivity index (χ0) is 20.7. The lowest BCUT2D eigenvalue weighted by Crippen LogP contribution is -2.21. The highest BCUT2D eigenvalue weighted by Gasteiger charge is 2.28. The van der Waals surface area contributed by atoms with Gasteiger partial charge in [-0.3, -0.25) is 10.1 Å². The van der Waals surface area contributed by atoms with Crippen molar-refractivity contribution in [3.8, 4) is 0 Å². The molecule has 2 heterocycles. The molecule has 2 aromatic carbocycles. The van der Waals surface area contributed by atoms with Crippen molar-refractivity contribution >= 4 is 28.6 Å². The molecule has 1 aliphatic rings. The first-order valence-corrected chi connectivity index (χ1v) is 10.0. The fourth-order valence-corrected chi connectivity index (χ4v) is 4.02. The number of nitrogens with zero attached hydrogens (tertiary/aromatic N) is 4. The van der Waals surface area contributed by atoms with E-state index in [-0.39, 0.29) is 11.7 Å². The Labute approximate surface area is 174 Å². The molecule has 2 aromatic heterocycles. The molecule has 5 rings (SSSR count). The summed E-state index contributed by atoms with van der Waals surface area (Å²) in [7, 11) is 0. The van der Waals surface area contributed by atoms with E-state index in [0.717, 1.165) is 33.4 Å². The summed E-state index contributed by atoms with van der Waals surface area (Å²) in [6, 6.07) is 16.2. The van der Waals surface area contributed by atoms with Gasteiger partial charge >= 0.3 is 0 Å². The lowest BCUT2D eigenvalue weighted by Gasteiger charge is -2.23. The van der Waals surface area contributed by atoms with Crippen LogP contribution >= 0.6 is 0 Å². The number of anilines is 2. The summed E-state index contributed by atoms with van der Waals surface area (Å²) in [4.78, 5) is 30.8. The van der Waals surface area contributed by atoms with Gasteiger partial charge in [-0.2, -0.15) is 0 Å². The molecule has 1 aliphatic carbocycles. The van der Waals surface area contributed by atoms with Crippen molar-refractivity contribution < 1.29 is 4.79 Å². The highest BCUT2D eigenvalue weighted by molar-refractivity contribution is 5.98. The van der Waals surface area contributed by atoms with Crippen molar-refractivity contribution in [2.45, 2.75) is 32.6 Å². The van der Waals surface area contributed by atoms with E-state index in [4.69, 9.17) is 0 Å². The number of aromatic nitrogens is 4. The predicted molar refractivity (Wildman–Crippen MR) is 116 cm³/mol. The Kier molecular flexibility index (Phi) is 4.47. The van der Waals surface area contributed by atoms with Gasteiger partial charge in [0, 0.05) is 18.0 Å². The molecule has 0 radical (unpaired) electrons. The molecular formula is C24H21N5O. The van der Waals surface area contributed by atoms with Crippen molar-refractivity contribution in [3.05, 3.63) is 82.8 Å². The Bertz CT molecular complexity index is 1270. The molecule has 0 spiro atoms. The number of hydrogen-bond donors (Lipinski definition) is 1. The van der Waals surface area contributed by atoms with Crippen LogP contribution in [-0.2, 0) is 6.42 Å². The maximum Gasteiger partial charge on any atom is 0.230 e. The Morgan fingerprint density at radius 1 is 0.933 bits per heavy atom. The molecule has 0 unspecified atom stereocenters. The zero-order valence-electron chi connectivity index (χ0n) is 16.9. The predicted octanol–water partition coefficient (Wildman–Crippen LogP) is 4.69. The van der Waals surface area contributed by atoms with Crippen LogP contribution < -0.4 is 5.32 Å². The van der Waals surface area contributed by atoms with E-state index in [1.807, 2.05) is 44.2 Å². The Balaban J connectivity index is 1.46. The zero-order valence-corrected chi connectivity index (χ0v) is 16.9. The number of rotatable bonds is 3. The van der Waals surface area contributed by atoms with Crippen molar-refractivity contribution in [2.75, 3.05) is 5.32 Å². The number of Topliss-reactive ketones (excluding diaryl/α,β-unsaturated/α-hetero) is 1. The minimum absolute atomic E-state index is 0.0879. The van der Waals surface area contributed by atoms with E-state index in [0.29, 0.717) is 30.3 Å². The molecule has 1 atom stereocenters. The fraction of sp³-hybridized carbons (Fsp3) is 0.208. The van der Waals surface area contributed by atoms with Crippen molar-refractivity contribution in [2.24, 2.45) is 0 Å². The standard InChI is InChI=1S/C24H21N5O/c1-14-8-9-18-15(2)26-24(28-20(18)10-14)29-23-25-13-19-21(27-23)11-17(12-22(19)30)16-6-4-3-5-7-16/h3-10,13,17H,11-12H2,1-2H3,(H,25,26,27,28,29)/t17-/m0/s1. The maximum atomic E-state index is 12.6. The van der Waals surface area contributed by atoms with Gasteiger partial charge in [-0.25, -0.2) is 19.9 Å². The van der Waals surface area contributed by atoms with Crippen LogP contribution in [0.25, 0.3) is 10.9 Å². The molecule has 1 N–H and O–H groups in total. The Morgan fingerprint density at radius 3 is 2.60 bits per heavy atom. The van der Waals surface area contributed by atoms with Crippen LogP contribution in [-0.4, -0.2) is 25.7 Å². The van der Waals surface area contributed by atoms with Gasteiger partial charge in [0.2, 0.25) is 11.9 Å². The summed E-state index contributed by atoms with van der Waals surface area (Å²) in [5, 5.41) is 4.14. The number of carbonyl (C=O) groups excluding carboxylic acids is 1. The number of nitrogens with one attached hydrogen (secondary N) is 1. The molecule has 6 heteroatoms. The molecule has 0 bridgehead atoms. The van der Waals surface area contributed by atoms with Crippen LogP contribution in [0.5, 0.6) is 0 Å². The highest BCUT2D eigenvalue weighted by Crippen LogP contribution is 2.32. The molecule has 0 aliphatic heterocycles. The largest absolute Gasteiger partial charge is 0.294 e. The lowest BCUT2D eigenvalue weighted by atomic mass is 9.82. The fourth-order valence-electron chi connectivity index (χ4n) is 4.02. The van der Waals surface area contributed by atoms with E-state index < -0.39 is 0 Å². The second-order valence-electron chi connectivity index (χ2n) is 7.77. The number of ketones is 1. The normalized spacial score (nSPS) is 15.8. The molecule has 0 saturated carbocycles. The third-order valence-corrected chi connectivity index (χ3v) is 5.58. The minimum Gasteiger partial charge on any atom is -0.294 e. The topological polar surface area (TPSA) is 80.7 Å². The molecule has 0 fully saturated rings. The van der Waals surface area contributed by atoms with Crippen LogP contribution in [0.1, 0.15) is 45.2 Å². The van der Waals surface area contributed by atoms with E-state index in [1.54, 1.807) is 6.20 Å². The smallest absolute Gasteiger partial charge is 0.230 e. The van der Waals surface area contributed by atoms with Gasteiger partial charge in [0.05, 0.1) is 22.5 Å². The van der Waals surface area contributed by atoms with Crippen LogP contribution in [0.15, 0.2) is 54.7 Å². The molecule has 4 aromatic rings. The van der Waals surface area contributed by atoms with Crippen LogP contribution in [0.2, 0.25) is 0 Å². The summed E-state index contributed by atoms with van der Waals surface area (Å²) in [6.07, 6.45) is 2.81. The number of fused-ring (bicyclic) bond motifs is 2. The van der Waals surface area contributed by atoms with Crippen molar-refractivity contribution in [1.29, 1.82) is 0 Å². The summed E-state index contributed by atoms with van der Waals surface area (Å²) in [5.74, 6) is 1.08. The maximum absolute atomic E-state index is 12.6. The van der Waals surface area contributed by atoms with E-state index in [2.05, 4.69) is 43.5 Å². The molecule has 0 amide bonds. The SMILES string of the molecule is Cc1ccc2c(C)nc(Nc3ncc4c(n3)C[C@H](c3ccccc3)CC4=O)nc2c1. The molecular weight excluding hydrogens is 374 g/mol. The average Bonchev–Trinajstić information content (AvgIpc) is 2.74. The lowest BCUT2D eigenvalue weighted by molar-refractivity contribution is 0.0962. The number of benzene rings is 2. The summed E-state index contributed by atoms with van der Waals surface area (Å²) in [6.45, 7) is 4.00. The second kappa shape index (κ2) is 7.30. The number of aryl methyl sites for hydroxylation is 2. The average molecular weight is 395 g/mol. The first kappa shape index (κ1) is 18.4. The third kappa shape index (κ3) is 3.41. The van der Waals surface area contributed by atoms with Gasteiger partial charge in [-0.15, -0.1) is 0 Å². The number of carbonyl (C=O) groups is 1. The van der Waals surface area contributed by atoms with E-state index in [1.165, 1.54) is 0 Å². The third-order valence-electron chi connectivity index (χ3n) is 5.58. The van der Waals surface area contributed by atoms with Crippen molar-refractivity contribution in [1.82, 2.24) is 19.9 Å². The monoisotopic (exact) mass is 395 g/mol. The Hall–Kier alpha value is -3.67. The van der Waals surface area contributed by atoms with E-state index in [9.17, 15) is 4.79 Å². The van der Waals surface area contributed by atoms with Crippen LogP contribution in [0.3, 0.4) is 0 Å². The van der Waals surface area contributed by atoms with E-state index >= 15 is 0 Å². The minimum atomic E-state index is 0.0879. The molecule has 30 heavy (non-hydrogen) atoms. The van der Waals surface area contributed by atoms with Crippen LogP contribution in [0.4, 0.5) is 11.9 Å². The first-order chi connectivity index (χ1) is 14.6. The van der Waals surface area contributed by atoms with Gasteiger partial charge in [0.25, 0.3) is 0 Å². The van der Waals surface area contributed by atoms with Gasteiger partial charge in [-0.1, -0.05) is 42.5 Å². The quantitative estimate of drug-likeness (QED) is 0.542. The van der Waals surface area contributed by atoms with Gasteiger partial charge in [0.15, 0.2) is 5.78 Å². The van der Waals surface area contributed by atoms with Gasteiger partial charge in [0.1, 0.15) is 0 Å².